The molecule has 2 rings (SSSR count). The fraction of sp³-hybridized carbons (Fsp3) is 0.273. The second kappa shape index (κ2) is 4.83. The van der Waals surface area contributed by atoms with Gasteiger partial charge in [0.05, 0.1) is 18.4 Å². The topological polar surface area (TPSA) is 52.3 Å². The molecule has 0 radical (unpaired) electrons. The van der Waals surface area contributed by atoms with Crippen molar-refractivity contribution >= 4 is 32.9 Å². The third-order valence-electron chi connectivity index (χ3n) is 2.18. The molecule has 0 saturated carbocycles. The molecule has 2 aromatic rings. The molecule has 0 aliphatic carbocycles. The molecule has 0 fully saturated rings. The van der Waals surface area contributed by atoms with Crippen molar-refractivity contribution in [3.05, 3.63) is 28.1 Å². The minimum Gasteiger partial charge on any atom is -0.466 e. The zero-order valence-corrected chi connectivity index (χ0v) is 10.6. The lowest BCUT2D eigenvalue weighted by atomic mass is 10.1. The predicted octanol–water partition coefficient (Wildman–Crippen LogP) is 2.84. The molecule has 0 spiro atoms. The molecule has 0 aliphatic heterocycles. The Morgan fingerprint density at radius 1 is 1.59 bits per heavy atom. The molecule has 0 aliphatic rings. The molecule has 17 heavy (non-hydrogen) atoms. The quantitative estimate of drug-likeness (QED) is 0.818. The first-order chi connectivity index (χ1) is 8.11. The van der Waals surface area contributed by atoms with Crippen LogP contribution in [0.1, 0.15) is 12.6 Å². The van der Waals surface area contributed by atoms with Gasteiger partial charge in [-0.3, -0.25) is 4.79 Å². The van der Waals surface area contributed by atoms with E-state index in [1.165, 1.54) is 6.07 Å². The van der Waals surface area contributed by atoms with E-state index in [-0.39, 0.29) is 24.1 Å². The fourth-order valence-electron chi connectivity index (χ4n) is 1.52. The molecule has 1 heterocycles. The first kappa shape index (κ1) is 12.0. The summed E-state index contributed by atoms with van der Waals surface area (Å²) in [6.07, 6.45) is -0.0978. The van der Waals surface area contributed by atoms with Crippen LogP contribution in [-0.2, 0) is 16.0 Å². The SMILES string of the molecule is CCOC(=O)Cc1noc2cc(Br)cc(F)c12. The Hall–Kier alpha value is -1.43. The number of ether oxygens (including phenoxy) is 1. The van der Waals surface area contributed by atoms with Crippen molar-refractivity contribution in [1.29, 1.82) is 0 Å². The normalized spacial score (nSPS) is 10.8. The maximum atomic E-state index is 13.7. The van der Waals surface area contributed by atoms with Crippen molar-refractivity contribution in [2.45, 2.75) is 13.3 Å². The number of rotatable bonds is 3. The summed E-state index contributed by atoms with van der Waals surface area (Å²) in [5.41, 5.74) is 0.555. The summed E-state index contributed by atoms with van der Waals surface area (Å²) in [6.45, 7) is 1.99. The molecule has 1 aromatic heterocycles. The Morgan fingerprint density at radius 2 is 2.35 bits per heavy atom. The summed E-state index contributed by atoms with van der Waals surface area (Å²) < 4.78 is 24.0. The number of aromatic nitrogens is 1. The fourth-order valence-corrected chi connectivity index (χ4v) is 1.93. The van der Waals surface area contributed by atoms with Crippen molar-refractivity contribution in [3.63, 3.8) is 0 Å². The number of fused-ring (bicyclic) bond motifs is 1. The van der Waals surface area contributed by atoms with Crippen molar-refractivity contribution in [3.8, 4) is 0 Å². The van der Waals surface area contributed by atoms with E-state index >= 15 is 0 Å². The summed E-state index contributed by atoms with van der Waals surface area (Å²) in [5, 5.41) is 3.91. The number of carbonyl (C=O) groups excluding carboxylic acids is 1. The standard InChI is InChI=1S/C11H9BrFNO3/c1-2-16-10(15)5-8-11-7(13)3-6(12)4-9(11)17-14-8/h3-4H,2,5H2,1H3. The van der Waals surface area contributed by atoms with Crippen LogP contribution in [0.15, 0.2) is 21.1 Å². The van der Waals surface area contributed by atoms with Crippen LogP contribution in [-0.4, -0.2) is 17.7 Å². The highest BCUT2D eigenvalue weighted by atomic mass is 79.9. The van der Waals surface area contributed by atoms with E-state index in [2.05, 4.69) is 21.1 Å². The van der Waals surface area contributed by atoms with Gasteiger partial charge in [0.25, 0.3) is 0 Å². The summed E-state index contributed by atoms with van der Waals surface area (Å²) in [4.78, 5) is 11.3. The molecule has 4 nitrogen and oxygen atoms in total. The third kappa shape index (κ3) is 2.46. The lowest BCUT2D eigenvalue weighted by Crippen LogP contribution is -2.08. The zero-order valence-electron chi connectivity index (χ0n) is 9.00. The van der Waals surface area contributed by atoms with E-state index in [0.717, 1.165) is 0 Å². The molecule has 0 saturated heterocycles. The highest BCUT2D eigenvalue weighted by Gasteiger charge is 2.17. The molecule has 0 atom stereocenters. The summed E-state index contributed by atoms with van der Waals surface area (Å²) in [6, 6.07) is 2.90. The van der Waals surface area contributed by atoms with Gasteiger partial charge in [-0.25, -0.2) is 4.39 Å². The molecule has 1 aromatic carbocycles. The smallest absolute Gasteiger partial charge is 0.312 e. The zero-order chi connectivity index (χ0) is 12.4. The number of hydrogen-bond acceptors (Lipinski definition) is 4. The van der Waals surface area contributed by atoms with Gasteiger partial charge in [0, 0.05) is 4.47 Å². The first-order valence-electron chi connectivity index (χ1n) is 5.00. The summed E-state index contributed by atoms with van der Waals surface area (Å²) in [5.74, 6) is -0.931. The van der Waals surface area contributed by atoms with E-state index < -0.39 is 11.8 Å². The summed E-state index contributed by atoms with van der Waals surface area (Å²) >= 11 is 3.15. The first-order valence-corrected chi connectivity index (χ1v) is 5.80. The highest BCUT2D eigenvalue weighted by Crippen LogP contribution is 2.26. The van der Waals surface area contributed by atoms with E-state index in [1.54, 1.807) is 13.0 Å². The van der Waals surface area contributed by atoms with E-state index in [4.69, 9.17) is 9.26 Å². The molecule has 0 N–H and O–H groups in total. The minimum absolute atomic E-state index is 0.0978. The Kier molecular flexibility index (Phi) is 3.42. The van der Waals surface area contributed by atoms with Crippen LogP contribution >= 0.6 is 15.9 Å². The molecule has 6 heteroatoms. The second-order valence-electron chi connectivity index (χ2n) is 3.37. The van der Waals surface area contributed by atoms with Crippen LogP contribution in [0.25, 0.3) is 11.0 Å². The molecular weight excluding hydrogens is 293 g/mol. The van der Waals surface area contributed by atoms with Crippen molar-refractivity contribution in [2.24, 2.45) is 0 Å². The predicted molar refractivity (Wildman–Crippen MR) is 62.0 cm³/mol. The highest BCUT2D eigenvalue weighted by molar-refractivity contribution is 9.10. The minimum atomic E-state index is -0.477. The van der Waals surface area contributed by atoms with E-state index in [0.29, 0.717) is 10.1 Å². The van der Waals surface area contributed by atoms with Crippen LogP contribution in [0.3, 0.4) is 0 Å². The maximum Gasteiger partial charge on any atom is 0.312 e. The van der Waals surface area contributed by atoms with Crippen LogP contribution in [0.4, 0.5) is 4.39 Å². The Labute approximate surface area is 105 Å². The van der Waals surface area contributed by atoms with Crippen LogP contribution in [0, 0.1) is 5.82 Å². The van der Waals surface area contributed by atoms with Crippen molar-refractivity contribution in [2.75, 3.05) is 6.61 Å². The van der Waals surface area contributed by atoms with Crippen LogP contribution in [0.5, 0.6) is 0 Å². The molecular formula is C11H9BrFNO3. The number of benzene rings is 1. The van der Waals surface area contributed by atoms with Gasteiger partial charge in [-0.05, 0) is 19.1 Å². The number of carbonyl (C=O) groups is 1. The van der Waals surface area contributed by atoms with Gasteiger partial charge in [0.15, 0.2) is 5.58 Å². The number of halogens is 2. The van der Waals surface area contributed by atoms with Gasteiger partial charge in [-0.2, -0.15) is 0 Å². The van der Waals surface area contributed by atoms with Crippen LogP contribution < -0.4 is 0 Å². The number of esters is 1. The lowest BCUT2D eigenvalue weighted by molar-refractivity contribution is -0.142. The Balaban J connectivity index is 2.39. The summed E-state index contributed by atoms with van der Waals surface area (Å²) in [7, 11) is 0. The Morgan fingerprint density at radius 3 is 3.06 bits per heavy atom. The van der Waals surface area contributed by atoms with Gasteiger partial charge in [-0.1, -0.05) is 21.1 Å². The monoisotopic (exact) mass is 301 g/mol. The third-order valence-corrected chi connectivity index (χ3v) is 2.64. The van der Waals surface area contributed by atoms with Gasteiger partial charge < -0.3 is 9.26 Å². The average Bonchev–Trinajstić information content (AvgIpc) is 2.61. The van der Waals surface area contributed by atoms with Crippen LogP contribution in [0.2, 0.25) is 0 Å². The van der Waals surface area contributed by atoms with E-state index in [9.17, 15) is 9.18 Å². The van der Waals surface area contributed by atoms with Gasteiger partial charge >= 0.3 is 5.97 Å². The Bertz CT molecular complexity index is 567. The number of hydrogen-bond donors (Lipinski definition) is 0. The second-order valence-corrected chi connectivity index (χ2v) is 4.29. The number of nitrogens with zero attached hydrogens (tertiary/aromatic N) is 1. The van der Waals surface area contributed by atoms with Crippen molar-refractivity contribution < 1.29 is 18.4 Å². The molecule has 90 valence electrons. The van der Waals surface area contributed by atoms with Gasteiger partial charge in [-0.15, -0.1) is 0 Å². The maximum absolute atomic E-state index is 13.7. The van der Waals surface area contributed by atoms with Crippen molar-refractivity contribution in [1.82, 2.24) is 5.16 Å². The average molecular weight is 302 g/mol. The van der Waals surface area contributed by atoms with Gasteiger partial charge in [0.1, 0.15) is 11.5 Å². The van der Waals surface area contributed by atoms with E-state index in [1.807, 2.05) is 0 Å². The molecule has 0 unspecified atom stereocenters. The largest absolute Gasteiger partial charge is 0.466 e. The van der Waals surface area contributed by atoms with Gasteiger partial charge in [0.2, 0.25) is 0 Å². The molecule has 0 amide bonds. The lowest BCUT2D eigenvalue weighted by Gasteiger charge is -1.99. The molecule has 0 bridgehead atoms.